The maximum Gasteiger partial charge on any atom is 0.338 e. The second-order valence-electron chi connectivity index (χ2n) is 5.80. The number of esters is 1. The summed E-state index contributed by atoms with van der Waals surface area (Å²) in [6, 6.07) is 13.3. The Morgan fingerprint density at radius 1 is 1.04 bits per heavy atom. The predicted molar refractivity (Wildman–Crippen MR) is 97.1 cm³/mol. The van der Waals surface area contributed by atoms with E-state index in [0.717, 1.165) is 5.56 Å². The van der Waals surface area contributed by atoms with Gasteiger partial charge in [0.05, 0.1) is 12.2 Å². The molecule has 0 bridgehead atoms. The van der Waals surface area contributed by atoms with Crippen LogP contribution in [-0.4, -0.2) is 30.9 Å². The molecule has 0 aliphatic carbocycles. The van der Waals surface area contributed by atoms with Crippen LogP contribution in [0.4, 0.5) is 5.69 Å². The molecule has 0 heterocycles. The Hall–Kier alpha value is -2.99. The Kier molecular flexibility index (Phi) is 6.63. The van der Waals surface area contributed by atoms with Gasteiger partial charge in [-0.1, -0.05) is 12.1 Å². The van der Waals surface area contributed by atoms with Crippen LogP contribution in [0, 0.1) is 0 Å². The second kappa shape index (κ2) is 8.92. The van der Waals surface area contributed by atoms with E-state index in [1.54, 1.807) is 49.6 Å². The van der Waals surface area contributed by atoms with Crippen LogP contribution < -0.4 is 5.32 Å². The van der Waals surface area contributed by atoms with Crippen molar-refractivity contribution in [3.63, 3.8) is 0 Å². The highest BCUT2D eigenvalue weighted by atomic mass is 16.5. The molecule has 0 spiro atoms. The highest BCUT2D eigenvalue weighted by Crippen LogP contribution is 2.13. The van der Waals surface area contributed by atoms with E-state index in [9.17, 15) is 14.4 Å². The molecule has 0 aliphatic heterocycles. The molecule has 0 aliphatic rings. The van der Waals surface area contributed by atoms with Crippen LogP contribution >= 0.6 is 0 Å². The first kappa shape index (κ1) is 19.3. The van der Waals surface area contributed by atoms with Gasteiger partial charge in [-0.15, -0.1) is 0 Å². The van der Waals surface area contributed by atoms with Crippen molar-refractivity contribution in [1.82, 2.24) is 0 Å². The molecular formula is C20H21NO5. The Morgan fingerprint density at radius 2 is 1.73 bits per heavy atom. The SMILES string of the molecule is COCc1cccc(C(=O)O[C@@H](C)C(=O)Nc2ccc(C(C)=O)cc2)c1. The van der Waals surface area contributed by atoms with Crippen LogP contribution in [0.25, 0.3) is 0 Å². The Morgan fingerprint density at radius 3 is 2.35 bits per heavy atom. The zero-order valence-corrected chi connectivity index (χ0v) is 14.9. The van der Waals surface area contributed by atoms with E-state index in [-0.39, 0.29) is 5.78 Å². The molecule has 1 atom stereocenters. The van der Waals surface area contributed by atoms with E-state index in [4.69, 9.17) is 9.47 Å². The lowest BCUT2D eigenvalue weighted by Crippen LogP contribution is -2.30. The van der Waals surface area contributed by atoms with E-state index in [2.05, 4.69) is 5.32 Å². The van der Waals surface area contributed by atoms with Crippen molar-refractivity contribution in [2.75, 3.05) is 12.4 Å². The fourth-order valence-electron chi connectivity index (χ4n) is 2.27. The number of rotatable bonds is 7. The number of hydrogen-bond acceptors (Lipinski definition) is 5. The lowest BCUT2D eigenvalue weighted by molar-refractivity contribution is -0.123. The summed E-state index contributed by atoms with van der Waals surface area (Å²) >= 11 is 0. The first-order chi connectivity index (χ1) is 12.4. The molecule has 2 rings (SSSR count). The van der Waals surface area contributed by atoms with Gasteiger partial charge >= 0.3 is 5.97 Å². The number of nitrogens with one attached hydrogen (secondary N) is 1. The molecule has 26 heavy (non-hydrogen) atoms. The number of methoxy groups -OCH3 is 1. The summed E-state index contributed by atoms with van der Waals surface area (Å²) in [6.45, 7) is 3.35. The molecule has 0 saturated carbocycles. The van der Waals surface area contributed by atoms with Gasteiger partial charge in [-0.25, -0.2) is 4.79 Å². The monoisotopic (exact) mass is 355 g/mol. The lowest BCUT2D eigenvalue weighted by atomic mass is 10.1. The molecule has 1 N–H and O–H groups in total. The Bertz CT molecular complexity index is 798. The van der Waals surface area contributed by atoms with Gasteiger partial charge in [0.25, 0.3) is 5.91 Å². The third-order valence-electron chi connectivity index (χ3n) is 3.69. The molecule has 2 aromatic carbocycles. The zero-order chi connectivity index (χ0) is 19.1. The quantitative estimate of drug-likeness (QED) is 0.609. The summed E-state index contributed by atoms with van der Waals surface area (Å²) in [6.07, 6.45) is -0.971. The molecule has 1 amide bonds. The van der Waals surface area contributed by atoms with E-state index in [0.29, 0.717) is 23.4 Å². The minimum atomic E-state index is -0.971. The van der Waals surface area contributed by atoms with Gasteiger partial charge in [0.15, 0.2) is 11.9 Å². The molecule has 0 aromatic heterocycles. The molecule has 136 valence electrons. The maximum atomic E-state index is 12.2. The number of ketones is 1. The summed E-state index contributed by atoms with van der Waals surface area (Å²) in [7, 11) is 1.57. The number of carbonyl (C=O) groups excluding carboxylic acids is 3. The normalized spacial score (nSPS) is 11.5. The minimum Gasteiger partial charge on any atom is -0.449 e. The van der Waals surface area contributed by atoms with Crippen molar-refractivity contribution in [3.05, 3.63) is 65.2 Å². The highest BCUT2D eigenvalue weighted by molar-refractivity contribution is 5.98. The van der Waals surface area contributed by atoms with Gasteiger partial charge in [0, 0.05) is 18.4 Å². The molecule has 0 saturated heterocycles. The van der Waals surface area contributed by atoms with E-state index in [1.807, 2.05) is 6.07 Å². The van der Waals surface area contributed by atoms with E-state index < -0.39 is 18.0 Å². The van der Waals surface area contributed by atoms with Crippen molar-refractivity contribution >= 4 is 23.3 Å². The maximum absolute atomic E-state index is 12.2. The smallest absolute Gasteiger partial charge is 0.338 e. The third-order valence-corrected chi connectivity index (χ3v) is 3.69. The number of carbonyl (C=O) groups is 3. The standard InChI is InChI=1S/C20H21NO5/c1-13(22)16-7-9-18(10-8-16)21-19(23)14(2)26-20(24)17-6-4-5-15(11-17)12-25-3/h4-11,14H,12H2,1-3H3,(H,21,23)/t14-/m0/s1. The number of Topliss-reactive ketones (excluding diaryl/α,β-unsaturated/α-hetero) is 1. The van der Waals surface area contributed by atoms with Gasteiger partial charge in [-0.3, -0.25) is 9.59 Å². The molecule has 6 nitrogen and oxygen atoms in total. The summed E-state index contributed by atoms with van der Waals surface area (Å²) < 4.78 is 10.3. The zero-order valence-electron chi connectivity index (χ0n) is 14.9. The van der Waals surface area contributed by atoms with Crippen LogP contribution in [0.5, 0.6) is 0 Å². The lowest BCUT2D eigenvalue weighted by Gasteiger charge is -2.14. The average Bonchev–Trinajstić information content (AvgIpc) is 2.62. The van der Waals surface area contributed by atoms with Gasteiger partial charge < -0.3 is 14.8 Å². The summed E-state index contributed by atoms with van der Waals surface area (Å²) in [5.41, 5.74) is 2.26. The minimum absolute atomic E-state index is 0.0547. The van der Waals surface area contributed by atoms with Crippen molar-refractivity contribution < 1.29 is 23.9 Å². The summed E-state index contributed by atoms with van der Waals surface area (Å²) in [5.74, 6) is -1.10. The molecule has 0 fully saturated rings. The van der Waals surface area contributed by atoms with E-state index in [1.165, 1.54) is 13.8 Å². The molecule has 2 aromatic rings. The van der Waals surface area contributed by atoms with Crippen LogP contribution in [0.2, 0.25) is 0 Å². The number of anilines is 1. The van der Waals surface area contributed by atoms with Crippen LogP contribution in [0.1, 0.15) is 40.1 Å². The average molecular weight is 355 g/mol. The topological polar surface area (TPSA) is 81.7 Å². The Labute approximate surface area is 152 Å². The third kappa shape index (κ3) is 5.26. The van der Waals surface area contributed by atoms with Crippen molar-refractivity contribution in [1.29, 1.82) is 0 Å². The van der Waals surface area contributed by atoms with Gasteiger partial charge in [-0.2, -0.15) is 0 Å². The number of hydrogen-bond donors (Lipinski definition) is 1. The Balaban J connectivity index is 1.96. The van der Waals surface area contributed by atoms with Crippen LogP contribution in [0.3, 0.4) is 0 Å². The van der Waals surface area contributed by atoms with Crippen molar-refractivity contribution in [2.45, 2.75) is 26.6 Å². The van der Waals surface area contributed by atoms with Gasteiger partial charge in [0.2, 0.25) is 0 Å². The molecule has 0 unspecified atom stereocenters. The predicted octanol–water partition coefficient (Wildman–Crippen LogP) is 3.22. The van der Waals surface area contributed by atoms with Crippen LogP contribution in [0.15, 0.2) is 48.5 Å². The highest BCUT2D eigenvalue weighted by Gasteiger charge is 2.19. The molecule has 6 heteroatoms. The van der Waals surface area contributed by atoms with Crippen molar-refractivity contribution in [3.8, 4) is 0 Å². The number of ether oxygens (including phenoxy) is 2. The second-order valence-corrected chi connectivity index (χ2v) is 5.80. The van der Waals surface area contributed by atoms with E-state index >= 15 is 0 Å². The fourth-order valence-corrected chi connectivity index (χ4v) is 2.27. The first-order valence-corrected chi connectivity index (χ1v) is 8.11. The number of amides is 1. The van der Waals surface area contributed by atoms with Gasteiger partial charge in [0.1, 0.15) is 0 Å². The summed E-state index contributed by atoms with van der Waals surface area (Å²) in [4.78, 5) is 35.7. The summed E-state index contributed by atoms with van der Waals surface area (Å²) in [5, 5.41) is 2.65. The first-order valence-electron chi connectivity index (χ1n) is 8.11. The van der Waals surface area contributed by atoms with Crippen molar-refractivity contribution in [2.24, 2.45) is 0 Å². The van der Waals surface area contributed by atoms with Gasteiger partial charge in [-0.05, 0) is 55.8 Å². The number of benzene rings is 2. The largest absolute Gasteiger partial charge is 0.449 e. The van der Waals surface area contributed by atoms with Crippen LogP contribution in [-0.2, 0) is 20.9 Å². The molecule has 0 radical (unpaired) electrons. The fraction of sp³-hybridized carbons (Fsp3) is 0.250. The molecular weight excluding hydrogens is 334 g/mol.